The smallest absolute Gasteiger partial charge is 0.283 e. The summed E-state index contributed by atoms with van der Waals surface area (Å²) in [5, 5.41) is 17.7. The number of anilines is 1. The number of hydrogen-bond donors (Lipinski definition) is 3. The highest BCUT2D eigenvalue weighted by molar-refractivity contribution is 5.97. The molecule has 3 heterocycles. The van der Waals surface area contributed by atoms with Crippen LogP contribution in [0.1, 0.15) is 50.8 Å². The van der Waals surface area contributed by atoms with Crippen LogP contribution in [0.3, 0.4) is 0 Å². The molecule has 0 amide bonds. The monoisotopic (exact) mass is 423 g/mol. The molecule has 0 spiro atoms. The number of rotatable bonds is 6. The van der Waals surface area contributed by atoms with Crippen LogP contribution in [0.5, 0.6) is 0 Å². The van der Waals surface area contributed by atoms with Crippen LogP contribution in [0.2, 0.25) is 0 Å². The Labute approximate surface area is 181 Å². The predicted molar refractivity (Wildman–Crippen MR) is 118 cm³/mol. The summed E-state index contributed by atoms with van der Waals surface area (Å²) in [5.74, 6) is 1.22. The SMILES string of the molecule is Cc1cc(C(=O)n2nc(C3CNC(O)C3)c(C)c2N(C)Cc2ccc(CN)cc2)co1. The summed E-state index contributed by atoms with van der Waals surface area (Å²) in [6.45, 7) is 5.54. The molecule has 2 unspecified atom stereocenters. The maximum atomic E-state index is 13.3. The molecule has 4 N–H and O–H groups in total. The Morgan fingerprint density at radius 3 is 2.61 bits per heavy atom. The summed E-state index contributed by atoms with van der Waals surface area (Å²) >= 11 is 0. The van der Waals surface area contributed by atoms with Crippen LogP contribution in [0, 0.1) is 13.8 Å². The summed E-state index contributed by atoms with van der Waals surface area (Å²) in [4.78, 5) is 15.3. The van der Waals surface area contributed by atoms with Crippen molar-refractivity contribution in [2.45, 2.75) is 45.5 Å². The van der Waals surface area contributed by atoms with Crippen LogP contribution < -0.4 is 16.0 Å². The average molecular weight is 424 g/mol. The molecule has 3 aromatic rings. The maximum Gasteiger partial charge on any atom is 0.283 e. The van der Waals surface area contributed by atoms with E-state index in [9.17, 15) is 9.90 Å². The fraction of sp³-hybridized carbons (Fsp3) is 0.391. The van der Waals surface area contributed by atoms with Crippen LogP contribution in [-0.2, 0) is 13.1 Å². The molecule has 2 atom stereocenters. The molecule has 1 aromatic carbocycles. The van der Waals surface area contributed by atoms with Gasteiger partial charge in [0, 0.05) is 38.2 Å². The number of nitrogens with two attached hydrogens (primary N) is 1. The number of nitrogens with one attached hydrogen (secondary N) is 1. The van der Waals surface area contributed by atoms with Gasteiger partial charge in [-0.2, -0.15) is 9.78 Å². The topological polar surface area (TPSA) is 110 Å². The van der Waals surface area contributed by atoms with E-state index in [4.69, 9.17) is 15.2 Å². The lowest BCUT2D eigenvalue weighted by atomic mass is 10.0. The first-order valence-corrected chi connectivity index (χ1v) is 10.5. The molecular weight excluding hydrogens is 394 g/mol. The fourth-order valence-electron chi connectivity index (χ4n) is 4.21. The summed E-state index contributed by atoms with van der Waals surface area (Å²) in [5.41, 5.74) is 10.1. The van der Waals surface area contributed by atoms with Gasteiger partial charge in [-0.1, -0.05) is 24.3 Å². The van der Waals surface area contributed by atoms with Crippen molar-refractivity contribution >= 4 is 11.7 Å². The van der Waals surface area contributed by atoms with Crippen molar-refractivity contribution in [3.63, 3.8) is 0 Å². The molecule has 1 aliphatic rings. The molecule has 31 heavy (non-hydrogen) atoms. The van der Waals surface area contributed by atoms with Crippen molar-refractivity contribution in [3.05, 3.63) is 70.3 Å². The Kier molecular flexibility index (Phi) is 5.95. The molecular formula is C23H29N5O3. The molecule has 2 aromatic heterocycles. The van der Waals surface area contributed by atoms with Gasteiger partial charge in [0.2, 0.25) is 0 Å². The van der Waals surface area contributed by atoms with Crippen LogP contribution in [0.15, 0.2) is 41.0 Å². The molecule has 1 fully saturated rings. The second-order valence-electron chi connectivity index (χ2n) is 8.23. The number of carbonyl (C=O) groups is 1. The number of aliphatic hydroxyl groups excluding tert-OH is 1. The zero-order valence-electron chi connectivity index (χ0n) is 18.1. The van der Waals surface area contributed by atoms with Gasteiger partial charge in [0.25, 0.3) is 5.91 Å². The fourth-order valence-corrected chi connectivity index (χ4v) is 4.21. The molecule has 0 saturated carbocycles. The van der Waals surface area contributed by atoms with E-state index < -0.39 is 6.23 Å². The largest absolute Gasteiger partial charge is 0.469 e. The third-order valence-electron chi connectivity index (χ3n) is 5.83. The first-order chi connectivity index (χ1) is 14.9. The highest BCUT2D eigenvalue weighted by Crippen LogP contribution is 2.33. The highest BCUT2D eigenvalue weighted by Gasteiger charge is 2.31. The van der Waals surface area contributed by atoms with Crippen LogP contribution >= 0.6 is 0 Å². The maximum absolute atomic E-state index is 13.3. The van der Waals surface area contributed by atoms with Crippen molar-refractivity contribution in [1.29, 1.82) is 0 Å². The second-order valence-corrected chi connectivity index (χ2v) is 8.23. The highest BCUT2D eigenvalue weighted by atomic mass is 16.3. The van der Waals surface area contributed by atoms with Crippen molar-refractivity contribution in [3.8, 4) is 0 Å². The van der Waals surface area contributed by atoms with Gasteiger partial charge in [-0.15, -0.1) is 0 Å². The molecule has 8 nitrogen and oxygen atoms in total. The summed E-state index contributed by atoms with van der Waals surface area (Å²) in [7, 11) is 1.96. The summed E-state index contributed by atoms with van der Waals surface area (Å²) < 4.78 is 6.81. The van der Waals surface area contributed by atoms with E-state index in [1.54, 1.807) is 13.0 Å². The van der Waals surface area contributed by atoms with E-state index in [2.05, 4.69) is 5.32 Å². The minimum atomic E-state index is -0.552. The van der Waals surface area contributed by atoms with Gasteiger partial charge < -0.3 is 20.2 Å². The first-order valence-electron chi connectivity index (χ1n) is 10.5. The number of carbonyl (C=O) groups excluding carboxylic acids is 1. The van der Waals surface area contributed by atoms with Gasteiger partial charge in [-0.3, -0.25) is 10.1 Å². The molecule has 0 radical (unpaired) electrons. The summed E-state index contributed by atoms with van der Waals surface area (Å²) in [6, 6.07) is 9.85. The summed E-state index contributed by atoms with van der Waals surface area (Å²) in [6.07, 6.45) is 1.48. The van der Waals surface area contributed by atoms with Gasteiger partial charge in [0.05, 0.1) is 11.3 Å². The zero-order chi connectivity index (χ0) is 22.1. The van der Waals surface area contributed by atoms with Gasteiger partial charge in [0.1, 0.15) is 24.1 Å². The molecule has 1 saturated heterocycles. The lowest BCUT2D eigenvalue weighted by Crippen LogP contribution is -2.24. The third kappa shape index (κ3) is 4.27. The zero-order valence-corrected chi connectivity index (χ0v) is 18.1. The number of aromatic nitrogens is 2. The van der Waals surface area contributed by atoms with E-state index >= 15 is 0 Å². The first kappa shape index (κ1) is 21.3. The van der Waals surface area contributed by atoms with E-state index in [0.29, 0.717) is 37.4 Å². The standard InChI is InChI=1S/C23H29N5O3/c1-14-8-19(13-31-14)23(30)28-22(15(2)21(26-28)18-9-20(29)25-11-18)27(3)12-17-6-4-16(10-24)5-7-17/h4-8,13,18,20,25,29H,9-12,24H2,1-3H3. The van der Waals surface area contributed by atoms with Gasteiger partial charge in [-0.25, -0.2) is 0 Å². The predicted octanol–water partition coefficient (Wildman–Crippen LogP) is 2.27. The van der Waals surface area contributed by atoms with Crippen molar-refractivity contribution in [2.75, 3.05) is 18.5 Å². The molecule has 8 heteroatoms. The quantitative estimate of drug-likeness (QED) is 0.558. The molecule has 0 bridgehead atoms. The van der Waals surface area contributed by atoms with E-state index in [1.807, 2.05) is 43.1 Å². The van der Waals surface area contributed by atoms with Crippen LogP contribution in [-0.4, -0.2) is 40.6 Å². The van der Waals surface area contributed by atoms with Gasteiger partial charge >= 0.3 is 0 Å². The van der Waals surface area contributed by atoms with Gasteiger partial charge in [-0.05, 0) is 37.5 Å². The van der Waals surface area contributed by atoms with Crippen molar-refractivity contribution < 1.29 is 14.3 Å². The lowest BCUT2D eigenvalue weighted by Gasteiger charge is -2.21. The van der Waals surface area contributed by atoms with Crippen LogP contribution in [0.25, 0.3) is 0 Å². The number of benzene rings is 1. The lowest BCUT2D eigenvalue weighted by molar-refractivity contribution is 0.0945. The number of furan rings is 1. The minimum absolute atomic E-state index is 0.0473. The Balaban J connectivity index is 1.71. The minimum Gasteiger partial charge on any atom is -0.469 e. The Bertz CT molecular complexity index is 1070. The average Bonchev–Trinajstić information content (AvgIpc) is 3.46. The van der Waals surface area contributed by atoms with Crippen molar-refractivity contribution in [2.24, 2.45) is 5.73 Å². The molecule has 164 valence electrons. The third-order valence-corrected chi connectivity index (χ3v) is 5.83. The van der Waals surface area contributed by atoms with Gasteiger partial charge in [0.15, 0.2) is 0 Å². The molecule has 0 aliphatic carbocycles. The molecule has 1 aliphatic heterocycles. The second kappa shape index (κ2) is 8.66. The number of aryl methyl sites for hydroxylation is 1. The Morgan fingerprint density at radius 1 is 1.32 bits per heavy atom. The van der Waals surface area contributed by atoms with E-state index in [0.717, 1.165) is 28.2 Å². The van der Waals surface area contributed by atoms with E-state index in [-0.39, 0.29) is 11.8 Å². The normalized spacial score (nSPS) is 18.5. The number of hydrogen-bond acceptors (Lipinski definition) is 7. The molecule has 4 rings (SSSR count). The Morgan fingerprint density at radius 2 is 2.03 bits per heavy atom. The Hall–Kier alpha value is -2.94. The van der Waals surface area contributed by atoms with Crippen LogP contribution in [0.4, 0.5) is 5.82 Å². The number of nitrogens with zero attached hydrogens (tertiary/aromatic N) is 3. The van der Waals surface area contributed by atoms with Crippen molar-refractivity contribution in [1.82, 2.24) is 15.1 Å². The number of aliphatic hydroxyl groups is 1. The van der Waals surface area contributed by atoms with E-state index in [1.165, 1.54) is 10.9 Å².